The molecule has 1 saturated heterocycles. The highest BCUT2D eigenvalue weighted by Crippen LogP contribution is 2.25. The Kier molecular flexibility index (Phi) is 8.89. The van der Waals surface area contributed by atoms with Gasteiger partial charge in [0.15, 0.2) is 11.2 Å². The Morgan fingerprint density at radius 1 is 1.21 bits per heavy atom. The van der Waals surface area contributed by atoms with Crippen LogP contribution in [-0.4, -0.2) is 71.5 Å². The maximum Gasteiger partial charge on any atom is 0.417 e. The molecular weight excluding hydrogens is 396 g/mol. The quantitative estimate of drug-likeness (QED) is 0.289. The van der Waals surface area contributed by atoms with E-state index in [2.05, 4.69) is 15.4 Å². The Balaban J connectivity index is 2.94. The molecule has 0 spiro atoms. The zero-order chi connectivity index (χ0) is 21.3. The van der Waals surface area contributed by atoms with Crippen molar-refractivity contribution in [3.05, 3.63) is 0 Å². The van der Waals surface area contributed by atoms with Crippen molar-refractivity contribution in [3.63, 3.8) is 0 Å². The van der Waals surface area contributed by atoms with Crippen LogP contribution in [0.4, 0.5) is 0 Å². The summed E-state index contributed by atoms with van der Waals surface area (Å²) in [6.07, 6.45) is -2.10. The van der Waals surface area contributed by atoms with Crippen molar-refractivity contribution in [2.24, 2.45) is 5.41 Å². The van der Waals surface area contributed by atoms with Crippen LogP contribution in [0.1, 0.15) is 26.7 Å². The minimum atomic E-state index is -1.81. The summed E-state index contributed by atoms with van der Waals surface area (Å²) in [5, 5.41) is 13.1. The lowest BCUT2D eigenvalue weighted by atomic mass is 9.86. The molecule has 0 aromatic carbocycles. The van der Waals surface area contributed by atoms with Crippen LogP contribution in [0.15, 0.2) is 0 Å². The molecule has 1 rings (SSSR count). The molecule has 1 heterocycles. The van der Waals surface area contributed by atoms with E-state index < -0.39 is 53.5 Å². The van der Waals surface area contributed by atoms with Gasteiger partial charge in [0.2, 0.25) is 5.91 Å². The predicted molar refractivity (Wildman–Crippen MR) is 95.0 cm³/mol. The van der Waals surface area contributed by atoms with E-state index in [1.165, 1.54) is 13.8 Å². The average molecular weight is 418 g/mol. The molecule has 12 heteroatoms. The van der Waals surface area contributed by atoms with Gasteiger partial charge in [-0.15, -0.1) is 0 Å². The number of carboxylic acids is 1. The maximum atomic E-state index is 12.5. The summed E-state index contributed by atoms with van der Waals surface area (Å²) < 4.78 is 9.75. The Bertz CT molecular complexity index is 663. The van der Waals surface area contributed by atoms with E-state index in [1.807, 2.05) is 0 Å². The molecule has 0 unspecified atom stereocenters. The zero-order valence-corrected chi connectivity index (χ0v) is 16.3. The zero-order valence-electron chi connectivity index (χ0n) is 15.4. The average Bonchev–Trinajstić information content (AvgIpc) is 2.60. The van der Waals surface area contributed by atoms with E-state index in [-0.39, 0.29) is 31.2 Å². The molecule has 0 radical (unpaired) electrons. The van der Waals surface area contributed by atoms with E-state index in [9.17, 15) is 28.8 Å². The second kappa shape index (κ2) is 10.6. The van der Waals surface area contributed by atoms with E-state index in [0.717, 1.165) is 11.8 Å². The lowest BCUT2D eigenvalue weighted by Crippen LogP contribution is -2.49. The molecule has 28 heavy (non-hydrogen) atoms. The van der Waals surface area contributed by atoms with Gasteiger partial charge in [-0.2, -0.15) is 0 Å². The normalized spacial score (nSPS) is 20.3. The van der Waals surface area contributed by atoms with Crippen LogP contribution < -0.4 is 10.6 Å². The third-order valence-electron chi connectivity index (χ3n) is 3.57. The van der Waals surface area contributed by atoms with Crippen molar-refractivity contribution < 1.29 is 43.3 Å². The van der Waals surface area contributed by atoms with Crippen molar-refractivity contribution in [1.82, 2.24) is 10.6 Å². The lowest BCUT2D eigenvalue weighted by molar-refractivity contribution is -0.173. The number of carboxylic acid groups (broad SMARTS) is 1. The molecule has 3 N–H and O–H groups in total. The summed E-state index contributed by atoms with van der Waals surface area (Å²) in [4.78, 5) is 69.7. The fourth-order valence-electron chi connectivity index (χ4n) is 2.13. The molecule has 2 amide bonds. The molecule has 0 aliphatic carbocycles. The first kappa shape index (κ1) is 23.4. The highest BCUT2D eigenvalue weighted by Gasteiger charge is 2.40. The molecule has 0 aromatic rings. The first-order valence-corrected chi connectivity index (χ1v) is 9.31. The van der Waals surface area contributed by atoms with Crippen LogP contribution in [0.25, 0.3) is 0 Å². The summed E-state index contributed by atoms with van der Waals surface area (Å²) in [6, 6.07) is 0. The number of esters is 2. The Hall–Kier alpha value is -2.63. The highest BCUT2D eigenvalue weighted by atomic mass is 32.2. The summed E-state index contributed by atoms with van der Waals surface area (Å²) >= 11 is 0.846. The first-order chi connectivity index (χ1) is 13.0. The second-order valence-corrected chi connectivity index (χ2v) is 7.68. The van der Waals surface area contributed by atoms with Crippen LogP contribution >= 0.6 is 11.8 Å². The summed E-state index contributed by atoms with van der Waals surface area (Å²) in [5.41, 5.74) is -1.31. The second-order valence-electron chi connectivity index (χ2n) is 6.53. The fourth-order valence-corrected chi connectivity index (χ4v) is 2.79. The van der Waals surface area contributed by atoms with Crippen LogP contribution in [0.2, 0.25) is 0 Å². The maximum absolute atomic E-state index is 12.5. The number of carbonyl (C=O) groups excluding carboxylic acids is 5. The lowest BCUT2D eigenvalue weighted by Gasteiger charge is -2.32. The molecule has 11 nitrogen and oxygen atoms in total. The van der Waals surface area contributed by atoms with Gasteiger partial charge >= 0.3 is 17.9 Å². The summed E-state index contributed by atoms with van der Waals surface area (Å²) in [5.74, 6) is -5.09. The van der Waals surface area contributed by atoms with Gasteiger partial charge in [-0.1, -0.05) is 25.6 Å². The van der Waals surface area contributed by atoms with Crippen molar-refractivity contribution in [3.8, 4) is 0 Å². The van der Waals surface area contributed by atoms with Crippen LogP contribution in [0.5, 0.6) is 0 Å². The summed E-state index contributed by atoms with van der Waals surface area (Å²) in [6.45, 7) is 2.52. The Morgan fingerprint density at radius 3 is 2.54 bits per heavy atom. The SMILES string of the molecule is CC(C)(COC(=O)C(=O)O)[C@H]1OC(=O)CC(=O)SCCNC(=O)CCNC1=O. The molecule has 1 aliphatic heterocycles. The standard InChI is InChI=1S/C16H22N2O9S/c1-16(2,8-26-15(25)14(23)24)12-13(22)18-4-3-9(19)17-5-6-28-11(21)7-10(20)27-12/h12H,3-8H2,1-2H3,(H,17,19)(H,18,22)(H,23,24)/t12-/m0/s1. The van der Waals surface area contributed by atoms with Gasteiger partial charge in [-0.3, -0.25) is 19.2 Å². The van der Waals surface area contributed by atoms with Crippen molar-refractivity contribution in [2.75, 3.05) is 25.4 Å². The Morgan fingerprint density at radius 2 is 1.89 bits per heavy atom. The molecular formula is C16H22N2O9S. The number of hydrogen-bond donors (Lipinski definition) is 3. The topological polar surface area (TPSA) is 165 Å². The molecule has 1 aliphatic rings. The fraction of sp³-hybridized carbons (Fsp3) is 0.625. The van der Waals surface area contributed by atoms with Gasteiger partial charge in [0.05, 0.1) is 0 Å². The third-order valence-corrected chi connectivity index (χ3v) is 4.45. The number of amides is 2. The smallest absolute Gasteiger partial charge is 0.417 e. The molecule has 156 valence electrons. The molecule has 0 bridgehead atoms. The largest absolute Gasteiger partial charge is 0.473 e. The number of hydrogen-bond acceptors (Lipinski definition) is 9. The predicted octanol–water partition coefficient (Wildman–Crippen LogP) is -1.16. The van der Waals surface area contributed by atoms with Crippen molar-refractivity contribution >= 4 is 46.6 Å². The first-order valence-electron chi connectivity index (χ1n) is 8.32. The highest BCUT2D eigenvalue weighted by molar-refractivity contribution is 8.13. The monoisotopic (exact) mass is 418 g/mol. The minimum Gasteiger partial charge on any atom is -0.473 e. The van der Waals surface area contributed by atoms with E-state index >= 15 is 0 Å². The van der Waals surface area contributed by atoms with Gasteiger partial charge in [-0.25, -0.2) is 9.59 Å². The van der Waals surface area contributed by atoms with Crippen LogP contribution in [0.3, 0.4) is 0 Å². The Labute approximate surface area is 164 Å². The number of rotatable bonds is 3. The van der Waals surface area contributed by atoms with E-state index in [1.54, 1.807) is 0 Å². The van der Waals surface area contributed by atoms with Gasteiger partial charge in [0.1, 0.15) is 13.0 Å². The molecule has 1 fully saturated rings. The van der Waals surface area contributed by atoms with Gasteiger partial charge in [-0.05, 0) is 0 Å². The molecule has 0 saturated carbocycles. The van der Waals surface area contributed by atoms with Crippen LogP contribution in [0, 0.1) is 5.41 Å². The molecule has 0 aromatic heterocycles. The third kappa shape index (κ3) is 7.94. The number of cyclic esters (lactones) is 1. The number of ether oxygens (including phenoxy) is 2. The minimum absolute atomic E-state index is 0.0283. The van der Waals surface area contributed by atoms with Gasteiger partial charge < -0.3 is 25.2 Å². The number of aliphatic carboxylic acids is 1. The summed E-state index contributed by atoms with van der Waals surface area (Å²) in [7, 11) is 0. The van der Waals surface area contributed by atoms with Gasteiger partial charge in [0, 0.05) is 30.7 Å². The molecule has 1 atom stereocenters. The van der Waals surface area contributed by atoms with Crippen molar-refractivity contribution in [1.29, 1.82) is 0 Å². The van der Waals surface area contributed by atoms with E-state index in [0.29, 0.717) is 0 Å². The van der Waals surface area contributed by atoms with Crippen LogP contribution in [-0.2, 0) is 38.2 Å². The van der Waals surface area contributed by atoms with E-state index in [4.69, 9.17) is 9.84 Å². The number of thioether (sulfide) groups is 1. The number of nitrogens with one attached hydrogen (secondary N) is 2. The van der Waals surface area contributed by atoms with Gasteiger partial charge in [0.25, 0.3) is 5.91 Å². The van der Waals surface area contributed by atoms with Crippen molar-refractivity contribution in [2.45, 2.75) is 32.8 Å². The number of carbonyl (C=O) groups is 6.